The predicted molar refractivity (Wildman–Crippen MR) is 86.6 cm³/mol. The molecule has 3 rings (SSSR count). The van der Waals surface area contributed by atoms with E-state index in [0.717, 1.165) is 18.5 Å². The largest absolute Gasteiger partial charge is 0.374 e. The van der Waals surface area contributed by atoms with Gasteiger partial charge in [0.05, 0.1) is 0 Å². The first-order valence-electron chi connectivity index (χ1n) is 7.56. The molecular formula is C18H19FN2O. The Morgan fingerprint density at radius 1 is 1.05 bits per heavy atom. The fourth-order valence-corrected chi connectivity index (χ4v) is 2.76. The number of carbonyl (C=O) groups excluding carboxylic acids is 1. The van der Waals surface area contributed by atoms with E-state index in [1.165, 1.54) is 29.7 Å². The number of benzene rings is 2. The van der Waals surface area contributed by atoms with Crippen LogP contribution in [-0.2, 0) is 17.6 Å². The summed E-state index contributed by atoms with van der Waals surface area (Å²) in [4.78, 5) is 12.2. The van der Waals surface area contributed by atoms with Gasteiger partial charge in [-0.05, 0) is 73.7 Å². The summed E-state index contributed by atoms with van der Waals surface area (Å²) >= 11 is 0. The van der Waals surface area contributed by atoms with Crippen molar-refractivity contribution in [1.82, 2.24) is 0 Å². The zero-order chi connectivity index (χ0) is 15.5. The fourth-order valence-electron chi connectivity index (χ4n) is 2.76. The van der Waals surface area contributed by atoms with Crippen molar-refractivity contribution in [2.24, 2.45) is 0 Å². The summed E-state index contributed by atoms with van der Waals surface area (Å²) in [5, 5.41) is 5.99. The zero-order valence-electron chi connectivity index (χ0n) is 12.5. The maximum absolute atomic E-state index is 12.9. The van der Waals surface area contributed by atoms with Crippen molar-refractivity contribution in [1.29, 1.82) is 0 Å². The molecule has 2 aromatic rings. The van der Waals surface area contributed by atoms with Crippen molar-refractivity contribution < 1.29 is 9.18 Å². The van der Waals surface area contributed by atoms with Gasteiger partial charge in [-0.25, -0.2) is 4.39 Å². The Balaban J connectivity index is 1.62. The van der Waals surface area contributed by atoms with Crippen LogP contribution in [0.1, 0.15) is 24.5 Å². The molecule has 0 radical (unpaired) electrons. The number of hydrogen-bond donors (Lipinski definition) is 2. The molecule has 4 heteroatoms. The SMILES string of the molecule is CC(Nc1ccc2c(c1)CCC2)C(=O)Nc1ccc(F)cc1. The molecule has 0 heterocycles. The second-order valence-corrected chi connectivity index (χ2v) is 5.70. The van der Waals surface area contributed by atoms with E-state index in [2.05, 4.69) is 22.8 Å². The Morgan fingerprint density at radius 3 is 2.50 bits per heavy atom. The smallest absolute Gasteiger partial charge is 0.246 e. The summed E-state index contributed by atoms with van der Waals surface area (Å²) in [6.45, 7) is 1.81. The lowest BCUT2D eigenvalue weighted by atomic mass is 10.1. The molecule has 3 nitrogen and oxygen atoms in total. The van der Waals surface area contributed by atoms with Gasteiger partial charge in [0.15, 0.2) is 0 Å². The lowest BCUT2D eigenvalue weighted by molar-refractivity contribution is -0.116. The third kappa shape index (κ3) is 3.27. The van der Waals surface area contributed by atoms with Crippen LogP contribution < -0.4 is 10.6 Å². The van der Waals surface area contributed by atoms with Gasteiger partial charge in [-0.2, -0.15) is 0 Å². The van der Waals surface area contributed by atoms with Crippen LogP contribution in [0.25, 0.3) is 0 Å². The minimum atomic E-state index is -0.371. The molecule has 0 bridgehead atoms. The summed E-state index contributed by atoms with van der Waals surface area (Å²) in [5.74, 6) is -0.463. The molecule has 1 atom stereocenters. The molecule has 1 aliphatic rings. The number of halogens is 1. The van der Waals surface area contributed by atoms with Gasteiger partial charge in [0, 0.05) is 11.4 Å². The third-order valence-electron chi connectivity index (χ3n) is 3.99. The lowest BCUT2D eigenvalue weighted by Crippen LogP contribution is -2.31. The van der Waals surface area contributed by atoms with E-state index in [-0.39, 0.29) is 17.8 Å². The van der Waals surface area contributed by atoms with Gasteiger partial charge in [-0.1, -0.05) is 6.07 Å². The number of hydrogen-bond acceptors (Lipinski definition) is 2. The first-order valence-corrected chi connectivity index (χ1v) is 7.56. The molecule has 22 heavy (non-hydrogen) atoms. The number of rotatable bonds is 4. The Kier molecular flexibility index (Phi) is 4.09. The van der Waals surface area contributed by atoms with E-state index in [0.29, 0.717) is 5.69 Å². The topological polar surface area (TPSA) is 41.1 Å². The summed E-state index contributed by atoms with van der Waals surface area (Å²) < 4.78 is 12.9. The van der Waals surface area contributed by atoms with E-state index in [4.69, 9.17) is 0 Å². The summed E-state index contributed by atoms with van der Waals surface area (Å²) in [7, 11) is 0. The maximum Gasteiger partial charge on any atom is 0.246 e. The van der Waals surface area contributed by atoms with Crippen LogP contribution in [0.5, 0.6) is 0 Å². The van der Waals surface area contributed by atoms with Gasteiger partial charge in [0.25, 0.3) is 0 Å². The van der Waals surface area contributed by atoms with Gasteiger partial charge in [-0.3, -0.25) is 4.79 Å². The van der Waals surface area contributed by atoms with Crippen molar-refractivity contribution >= 4 is 17.3 Å². The molecule has 0 fully saturated rings. The predicted octanol–water partition coefficient (Wildman–Crippen LogP) is 3.75. The zero-order valence-corrected chi connectivity index (χ0v) is 12.5. The Bertz CT molecular complexity index is 682. The second-order valence-electron chi connectivity index (χ2n) is 5.70. The molecule has 0 saturated heterocycles. The van der Waals surface area contributed by atoms with Gasteiger partial charge >= 0.3 is 0 Å². The number of fused-ring (bicyclic) bond motifs is 1. The molecule has 1 unspecified atom stereocenters. The third-order valence-corrected chi connectivity index (χ3v) is 3.99. The molecule has 1 amide bonds. The average molecular weight is 298 g/mol. The molecule has 0 spiro atoms. The van der Waals surface area contributed by atoms with E-state index >= 15 is 0 Å². The highest BCUT2D eigenvalue weighted by Crippen LogP contribution is 2.25. The van der Waals surface area contributed by atoms with Gasteiger partial charge < -0.3 is 10.6 Å². The van der Waals surface area contributed by atoms with Gasteiger partial charge in [0.1, 0.15) is 11.9 Å². The minimum absolute atomic E-state index is 0.146. The number of anilines is 2. The number of amides is 1. The monoisotopic (exact) mass is 298 g/mol. The Hall–Kier alpha value is -2.36. The Morgan fingerprint density at radius 2 is 1.73 bits per heavy atom. The normalized spacial score (nSPS) is 14.3. The van der Waals surface area contributed by atoms with Crippen molar-refractivity contribution in [2.45, 2.75) is 32.2 Å². The van der Waals surface area contributed by atoms with Crippen LogP contribution in [0.4, 0.5) is 15.8 Å². The minimum Gasteiger partial charge on any atom is -0.374 e. The van der Waals surface area contributed by atoms with Gasteiger partial charge in [0.2, 0.25) is 5.91 Å². The van der Waals surface area contributed by atoms with E-state index in [9.17, 15) is 9.18 Å². The quantitative estimate of drug-likeness (QED) is 0.902. The van der Waals surface area contributed by atoms with E-state index in [1.807, 2.05) is 13.0 Å². The lowest BCUT2D eigenvalue weighted by Gasteiger charge is -2.16. The summed E-state index contributed by atoms with van der Waals surface area (Å²) in [6, 6.07) is 11.7. The summed E-state index contributed by atoms with van der Waals surface area (Å²) in [6.07, 6.45) is 3.47. The molecule has 0 saturated carbocycles. The van der Waals surface area contributed by atoms with Crippen LogP contribution in [-0.4, -0.2) is 11.9 Å². The Labute approximate surface area is 129 Å². The van der Waals surface area contributed by atoms with Crippen molar-refractivity contribution in [3.63, 3.8) is 0 Å². The standard InChI is InChI=1S/C18H19FN2O/c1-12(18(22)21-16-9-6-15(19)7-10-16)20-17-8-5-13-3-2-4-14(13)11-17/h5-12,20H,2-4H2,1H3,(H,21,22). The molecule has 2 aromatic carbocycles. The van der Waals surface area contributed by atoms with Crippen LogP contribution in [0.2, 0.25) is 0 Å². The van der Waals surface area contributed by atoms with Crippen molar-refractivity contribution in [2.75, 3.05) is 10.6 Å². The first-order chi connectivity index (χ1) is 10.6. The molecule has 0 aromatic heterocycles. The summed E-state index contributed by atoms with van der Waals surface area (Å²) in [5.41, 5.74) is 4.33. The molecule has 114 valence electrons. The molecular weight excluding hydrogens is 279 g/mol. The van der Waals surface area contributed by atoms with Crippen molar-refractivity contribution in [3.8, 4) is 0 Å². The van der Waals surface area contributed by atoms with Crippen molar-refractivity contribution in [3.05, 3.63) is 59.4 Å². The van der Waals surface area contributed by atoms with Crippen LogP contribution in [0.3, 0.4) is 0 Å². The van der Waals surface area contributed by atoms with E-state index in [1.54, 1.807) is 12.1 Å². The fraction of sp³-hybridized carbons (Fsp3) is 0.278. The van der Waals surface area contributed by atoms with E-state index < -0.39 is 0 Å². The molecule has 0 aliphatic heterocycles. The average Bonchev–Trinajstić information content (AvgIpc) is 2.97. The van der Waals surface area contributed by atoms with Crippen LogP contribution in [0.15, 0.2) is 42.5 Å². The maximum atomic E-state index is 12.9. The number of carbonyl (C=O) groups is 1. The highest BCUT2D eigenvalue weighted by atomic mass is 19.1. The number of nitrogens with one attached hydrogen (secondary N) is 2. The highest BCUT2D eigenvalue weighted by Gasteiger charge is 2.15. The highest BCUT2D eigenvalue weighted by molar-refractivity contribution is 5.96. The van der Waals surface area contributed by atoms with Crippen LogP contribution >= 0.6 is 0 Å². The number of aryl methyl sites for hydroxylation is 2. The second kappa shape index (κ2) is 6.18. The van der Waals surface area contributed by atoms with Gasteiger partial charge in [-0.15, -0.1) is 0 Å². The molecule has 2 N–H and O–H groups in total. The molecule has 1 aliphatic carbocycles. The van der Waals surface area contributed by atoms with Crippen LogP contribution in [0, 0.1) is 5.82 Å². The first kappa shape index (κ1) is 14.6.